The fraction of sp³-hybridized carbons (Fsp3) is 0.208. The van der Waals surface area contributed by atoms with Gasteiger partial charge in [-0.05, 0) is 147 Å². The molecule has 0 N–H and O–H groups in total. The molecule has 0 aromatic heterocycles. The van der Waals surface area contributed by atoms with E-state index in [1.165, 1.54) is 70.2 Å². The lowest BCUT2D eigenvalue weighted by Crippen LogP contribution is -2.49. The van der Waals surface area contributed by atoms with Crippen molar-refractivity contribution in [2.24, 2.45) is 23.7 Å². The van der Waals surface area contributed by atoms with Gasteiger partial charge in [0.15, 0.2) is 0 Å². The van der Waals surface area contributed by atoms with E-state index >= 15 is 0 Å². The molecule has 5 atom stereocenters. The third-order valence-electron chi connectivity index (χ3n) is 13.2. The molecule has 1 nitrogen and oxygen atoms in total. The molecule has 1 heteroatoms. The highest BCUT2D eigenvalue weighted by Gasteiger charge is 2.56. The van der Waals surface area contributed by atoms with Crippen LogP contribution in [0.4, 0.5) is 17.1 Å². The van der Waals surface area contributed by atoms with E-state index in [0.717, 1.165) is 28.9 Å². The summed E-state index contributed by atoms with van der Waals surface area (Å²) in [5, 5.41) is 0. The lowest BCUT2D eigenvalue weighted by atomic mass is 9.49. The van der Waals surface area contributed by atoms with Crippen LogP contribution < -0.4 is 4.90 Å². The molecule has 0 amide bonds. The van der Waals surface area contributed by atoms with Gasteiger partial charge in [0.05, 0.1) is 0 Å². The molecule has 2 fully saturated rings. The third-order valence-corrected chi connectivity index (χ3v) is 13.2. The van der Waals surface area contributed by atoms with Gasteiger partial charge >= 0.3 is 0 Å². The van der Waals surface area contributed by atoms with Crippen molar-refractivity contribution < 1.29 is 0 Å². The van der Waals surface area contributed by atoms with Crippen molar-refractivity contribution >= 4 is 17.1 Å². The number of benzene rings is 7. The highest BCUT2D eigenvalue weighted by Crippen LogP contribution is 2.64. The smallest absolute Gasteiger partial charge is 0.0467 e. The molecule has 7 aromatic carbocycles. The van der Waals surface area contributed by atoms with Crippen LogP contribution in [-0.2, 0) is 5.41 Å². The summed E-state index contributed by atoms with van der Waals surface area (Å²) in [6.45, 7) is 5.06. The van der Waals surface area contributed by atoms with Crippen molar-refractivity contribution in [2.45, 2.75) is 44.9 Å². The lowest BCUT2D eigenvalue weighted by Gasteiger charge is -2.54. The molecule has 0 aliphatic heterocycles. The number of hydrogen-bond donors (Lipinski definition) is 0. The van der Waals surface area contributed by atoms with Crippen LogP contribution in [0.1, 0.15) is 50.7 Å². The fourth-order valence-electron chi connectivity index (χ4n) is 11.0. The van der Waals surface area contributed by atoms with Gasteiger partial charge in [-0.25, -0.2) is 0 Å². The Kier molecular flexibility index (Phi) is 8.13. The van der Waals surface area contributed by atoms with Gasteiger partial charge in [0.2, 0.25) is 0 Å². The predicted octanol–water partition coefficient (Wildman–Crippen LogP) is 14.5. The van der Waals surface area contributed by atoms with Crippen LogP contribution in [-0.4, -0.2) is 0 Å². The number of rotatable bonds is 6. The monoisotopic (exact) mass is 697 g/mol. The van der Waals surface area contributed by atoms with Crippen molar-refractivity contribution in [3.8, 4) is 44.5 Å². The Bertz CT molecular complexity index is 2340. The van der Waals surface area contributed by atoms with Gasteiger partial charge in [0, 0.05) is 22.5 Å². The molecule has 2 saturated carbocycles. The minimum atomic E-state index is 0.117. The standard InChI is InChI=1S/C53H47N/c1-36-30-38-32-37(2)53(45(31-36)33-38)51-19-10-9-18-49(51)50-35-44(24-29-52(50)53)43-16-11-17-48(34-43)54(46-25-20-41(21-26-46)39-12-5-3-6-13-39)47-27-22-42(23-28-47)40-14-7-4-8-15-40/h3-29,34-38,45H,30-33H2,1-2H3. The van der Waals surface area contributed by atoms with Crippen molar-refractivity contribution in [1.82, 2.24) is 0 Å². The Labute approximate surface area is 321 Å². The number of hydrogen-bond acceptors (Lipinski definition) is 1. The first-order valence-electron chi connectivity index (χ1n) is 20.0. The molecular weight excluding hydrogens is 651 g/mol. The predicted molar refractivity (Wildman–Crippen MR) is 227 cm³/mol. The summed E-state index contributed by atoms with van der Waals surface area (Å²) in [6.07, 6.45) is 5.46. The molecule has 2 bridgehead atoms. The summed E-state index contributed by atoms with van der Waals surface area (Å²) in [4.78, 5) is 2.40. The average Bonchev–Trinajstić information content (AvgIpc) is 3.52. The maximum absolute atomic E-state index is 2.56. The number of fused-ring (bicyclic) bond motifs is 8. The molecule has 7 aromatic rings. The van der Waals surface area contributed by atoms with Crippen LogP contribution >= 0.6 is 0 Å². The van der Waals surface area contributed by atoms with Gasteiger partial charge in [-0.3, -0.25) is 0 Å². The summed E-state index contributed by atoms with van der Waals surface area (Å²) in [6, 6.07) is 65.3. The van der Waals surface area contributed by atoms with Crippen LogP contribution in [0.5, 0.6) is 0 Å². The molecule has 3 aliphatic carbocycles. The van der Waals surface area contributed by atoms with Gasteiger partial charge in [-0.2, -0.15) is 0 Å². The van der Waals surface area contributed by atoms with Gasteiger partial charge in [-0.15, -0.1) is 0 Å². The normalized spacial score (nSPS) is 22.4. The first-order chi connectivity index (χ1) is 26.6. The van der Waals surface area contributed by atoms with Crippen LogP contribution in [0.2, 0.25) is 0 Å². The summed E-state index contributed by atoms with van der Waals surface area (Å²) in [7, 11) is 0. The third kappa shape index (κ3) is 5.44. The van der Waals surface area contributed by atoms with Crippen molar-refractivity contribution in [3.05, 3.63) is 187 Å². The summed E-state index contributed by atoms with van der Waals surface area (Å²) >= 11 is 0. The average molecular weight is 698 g/mol. The maximum atomic E-state index is 2.56. The zero-order valence-electron chi connectivity index (χ0n) is 31.3. The molecule has 0 heterocycles. The van der Waals surface area contributed by atoms with E-state index in [-0.39, 0.29) is 5.41 Å². The second-order valence-corrected chi connectivity index (χ2v) is 16.4. The van der Waals surface area contributed by atoms with Gasteiger partial charge in [-0.1, -0.05) is 147 Å². The van der Waals surface area contributed by atoms with Gasteiger partial charge in [0.25, 0.3) is 0 Å². The van der Waals surface area contributed by atoms with Gasteiger partial charge in [0.1, 0.15) is 0 Å². The Morgan fingerprint density at radius 2 is 0.944 bits per heavy atom. The highest BCUT2D eigenvalue weighted by molar-refractivity contribution is 5.87. The number of anilines is 3. The fourth-order valence-corrected chi connectivity index (χ4v) is 11.0. The first-order valence-corrected chi connectivity index (χ1v) is 20.0. The highest BCUT2D eigenvalue weighted by atomic mass is 15.1. The van der Waals surface area contributed by atoms with E-state index in [1.807, 2.05) is 0 Å². The van der Waals surface area contributed by atoms with Crippen molar-refractivity contribution in [2.75, 3.05) is 4.90 Å². The molecule has 10 rings (SSSR count). The van der Waals surface area contributed by atoms with Crippen LogP contribution in [0.25, 0.3) is 44.5 Å². The Morgan fingerprint density at radius 1 is 0.407 bits per heavy atom. The van der Waals surface area contributed by atoms with Crippen LogP contribution in [0, 0.1) is 23.7 Å². The van der Waals surface area contributed by atoms with Crippen molar-refractivity contribution in [1.29, 1.82) is 0 Å². The summed E-state index contributed by atoms with van der Waals surface area (Å²) in [5.41, 5.74) is 17.0. The Balaban J connectivity index is 1.06. The molecule has 1 spiro atoms. The number of nitrogens with zero attached hydrogens (tertiary/aromatic N) is 1. The zero-order chi connectivity index (χ0) is 36.2. The lowest BCUT2D eigenvalue weighted by molar-refractivity contribution is 0.0426. The minimum Gasteiger partial charge on any atom is -0.310 e. The molecule has 264 valence electrons. The van der Waals surface area contributed by atoms with Gasteiger partial charge < -0.3 is 4.90 Å². The molecule has 0 radical (unpaired) electrons. The van der Waals surface area contributed by atoms with E-state index in [4.69, 9.17) is 0 Å². The molecule has 54 heavy (non-hydrogen) atoms. The van der Waals surface area contributed by atoms with Crippen LogP contribution in [0.3, 0.4) is 0 Å². The van der Waals surface area contributed by atoms with Crippen LogP contribution in [0.15, 0.2) is 176 Å². The SMILES string of the molecule is CC1CC2CC(C)C3(c4ccccc4-c4cc(-c5cccc(N(c6ccc(-c7ccccc7)cc6)c6ccc(-c7ccccc7)cc6)c5)ccc43)C(C1)C2. The molecular formula is C53H47N. The first kappa shape index (κ1) is 32.9. The maximum Gasteiger partial charge on any atom is 0.0467 e. The largest absolute Gasteiger partial charge is 0.310 e. The van der Waals surface area contributed by atoms with E-state index in [0.29, 0.717) is 11.8 Å². The Morgan fingerprint density at radius 3 is 1.61 bits per heavy atom. The molecule has 0 saturated heterocycles. The minimum absolute atomic E-state index is 0.117. The quantitative estimate of drug-likeness (QED) is 0.167. The van der Waals surface area contributed by atoms with E-state index in [1.54, 1.807) is 11.1 Å². The van der Waals surface area contributed by atoms with Crippen molar-refractivity contribution in [3.63, 3.8) is 0 Å². The summed E-state index contributed by atoms with van der Waals surface area (Å²) in [5.74, 6) is 3.04. The molecule has 3 aliphatic rings. The molecule has 5 unspecified atom stereocenters. The zero-order valence-corrected chi connectivity index (χ0v) is 31.3. The topological polar surface area (TPSA) is 3.24 Å². The second-order valence-electron chi connectivity index (χ2n) is 16.4. The van der Waals surface area contributed by atoms with E-state index in [2.05, 4.69) is 195 Å². The van der Waals surface area contributed by atoms with E-state index < -0.39 is 0 Å². The summed E-state index contributed by atoms with van der Waals surface area (Å²) < 4.78 is 0. The second kappa shape index (κ2) is 13.3. The Hall–Kier alpha value is -5.66. The van der Waals surface area contributed by atoms with E-state index in [9.17, 15) is 0 Å².